The topological polar surface area (TPSA) is 73.6 Å². The van der Waals surface area contributed by atoms with E-state index in [-0.39, 0.29) is 12.5 Å². The predicted molar refractivity (Wildman–Crippen MR) is 78.8 cm³/mol. The fourth-order valence-corrected chi connectivity index (χ4v) is 2.49. The SMILES string of the molecule is COc1cc(N)ccc1NC(=O)COCC1CCCC1. The molecule has 0 heterocycles. The van der Waals surface area contributed by atoms with Crippen molar-refractivity contribution in [2.24, 2.45) is 5.92 Å². The van der Waals surface area contributed by atoms with Crippen LogP contribution in [0.15, 0.2) is 18.2 Å². The van der Waals surface area contributed by atoms with Crippen LogP contribution in [0, 0.1) is 5.92 Å². The summed E-state index contributed by atoms with van der Waals surface area (Å²) in [6, 6.07) is 5.12. The number of amides is 1. The second kappa shape index (κ2) is 7.14. The van der Waals surface area contributed by atoms with Crippen LogP contribution in [-0.2, 0) is 9.53 Å². The summed E-state index contributed by atoms with van der Waals surface area (Å²) >= 11 is 0. The van der Waals surface area contributed by atoms with E-state index in [9.17, 15) is 4.79 Å². The molecule has 0 unspecified atom stereocenters. The molecule has 1 aliphatic carbocycles. The normalized spacial score (nSPS) is 15.2. The molecular formula is C15H22N2O3. The molecule has 1 aliphatic rings. The maximum Gasteiger partial charge on any atom is 0.250 e. The molecule has 0 aromatic heterocycles. The number of benzene rings is 1. The van der Waals surface area contributed by atoms with E-state index < -0.39 is 0 Å². The molecule has 1 saturated carbocycles. The number of nitrogen functional groups attached to an aromatic ring is 1. The number of nitrogens with two attached hydrogens (primary N) is 1. The Kier molecular flexibility index (Phi) is 5.24. The van der Waals surface area contributed by atoms with Gasteiger partial charge in [-0.2, -0.15) is 0 Å². The Morgan fingerprint density at radius 1 is 1.40 bits per heavy atom. The predicted octanol–water partition coefficient (Wildman–Crippen LogP) is 2.42. The number of methoxy groups -OCH3 is 1. The highest BCUT2D eigenvalue weighted by Gasteiger charge is 2.15. The second-order valence-electron chi connectivity index (χ2n) is 5.17. The van der Waals surface area contributed by atoms with E-state index >= 15 is 0 Å². The molecule has 110 valence electrons. The Labute approximate surface area is 119 Å². The molecule has 1 aromatic carbocycles. The number of rotatable bonds is 6. The molecule has 1 aromatic rings. The molecule has 0 bridgehead atoms. The van der Waals surface area contributed by atoms with E-state index in [0.717, 1.165) is 0 Å². The lowest BCUT2D eigenvalue weighted by atomic mass is 10.1. The quantitative estimate of drug-likeness (QED) is 0.784. The van der Waals surface area contributed by atoms with Crippen molar-refractivity contribution in [1.29, 1.82) is 0 Å². The first-order valence-corrected chi connectivity index (χ1v) is 7.00. The molecule has 2 rings (SSSR count). The van der Waals surface area contributed by atoms with Gasteiger partial charge in [0.25, 0.3) is 0 Å². The zero-order valence-electron chi connectivity index (χ0n) is 11.9. The number of hydrogen-bond donors (Lipinski definition) is 2. The molecular weight excluding hydrogens is 256 g/mol. The summed E-state index contributed by atoms with van der Waals surface area (Å²) in [6.07, 6.45) is 4.99. The van der Waals surface area contributed by atoms with Crippen LogP contribution >= 0.6 is 0 Å². The van der Waals surface area contributed by atoms with Crippen molar-refractivity contribution >= 4 is 17.3 Å². The Balaban J connectivity index is 1.78. The monoisotopic (exact) mass is 278 g/mol. The minimum absolute atomic E-state index is 0.0734. The third kappa shape index (κ3) is 4.13. The Morgan fingerprint density at radius 2 is 2.15 bits per heavy atom. The van der Waals surface area contributed by atoms with Gasteiger partial charge in [-0.3, -0.25) is 4.79 Å². The van der Waals surface area contributed by atoms with Gasteiger partial charge >= 0.3 is 0 Å². The first-order chi connectivity index (χ1) is 9.69. The van der Waals surface area contributed by atoms with Gasteiger partial charge in [-0.15, -0.1) is 0 Å². The average molecular weight is 278 g/mol. The van der Waals surface area contributed by atoms with E-state index in [1.165, 1.54) is 25.7 Å². The van der Waals surface area contributed by atoms with Gasteiger partial charge in [0.15, 0.2) is 0 Å². The average Bonchev–Trinajstić information content (AvgIpc) is 2.94. The molecule has 0 radical (unpaired) electrons. The summed E-state index contributed by atoms with van der Waals surface area (Å²) in [5.74, 6) is 0.995. The highest BCUT2D eigenvalue weighted by molar-refractivity contribution is 5.93. The fraction of sp³-hybridized carbons (Fsp3) is 0.533. The summed E-state index contributed by atoms with van der Waals surface area (Å²) in [4.78, 5) is 11.8. The van der Waals surface area contributed by atoms with Crippen LogP contribution in [-0.4, -0.2) is 26.2 Å². The molecule has 0 spiro atoms. The van der Waals surface area contributed by atoms with Crippen molar-refractivity contribution in [3.8, 4) is 5.75 Å². The third-order valence-electron chi connectivity index (χ3n) is 3.56. The maximum atomic E-state index is 11.8. The molecule has 3 N–H and O–H groups in total. The molecule has 0 atom stereocenters. The number of hydrogen-bond acceptors (Lipinski definition) is 4. The van der Waals surface area contributed by atoms with Crippen molar-refractivity contribution in [2.75, 3.05) is 31.4 Å². The molecule has 1 amide bonds. The molecule has 0 saturated heterocycles. The van der Waals surface area contributed by atoms with Gasteiger partial charge in [-0.25, -0.2) is 0 Å². The minimum atomic E-state index is -0.175. The number of nitrogens with one attached hydrogen (secondary N) is 1. The fourth-order valence-electron chi connectivity index (χ4n) is 2.49. The number of carbonyl (C=O) groups is 1. The van der Waals surface area contributed by atoms with Gasteiger partial charge in [0, 0.05) is 11.8 Å². The smallest absolute Gasteiger partial charge is 0.250 e. The van der Waals surface area contributed by atoms with Gasteiger partial charge in [0.05, 0.1) is 19.4 Å². The van der Waals surface area contributed by atoms with E-state index in [2.05, 4.69) is 5.32 Å². The van der Waals surface area contributed by atoms with Crippen molar-refractivity contribution in [3.63, 3.8) is 0 Å². The zero-order chi connectivity index (χ0) is 14.4. The first-order valence-electron chi connectivity index (χ1n) is 7.00. The van der Waals surface area contributed by atoms with Crippen LogP contribution in [0.2, 0.25) is 0 Å². The summed E-state index contributed by atoms with van der Waals surface area (Å²) in [5, 5.41) is 2.77. The van der Waals surface area contributed by atoms with Gasteiger partial charge < -0.3 is 20.5 Å². The van der Waals surface area contributed by atoms with Crippen LogP contribution in [0.1, 0.15) is 25.7 Å². The minimum Gasteiger partial charge on any atom is -0.494 e. The molecule has 5 nitrogen and oxygen atoms in total. The van der Waals surface area contributed by atoms with E-state index in [0.29, 0.717) is 29.6 Å². The summed E-state index contributed by atoms with van der Waals surface area (Å²) in [6.45, 7) is 0.746. The first kappa shape index (κ1) is 14.7. The van der Waals surface area contributed by atoms with Crippen molar-refractivity contribution < 1.29 is 14.3 Å². The standard InChI is InChI=1S/C15H22N2O3/c1-19-14-8-12(16)6-7-13(14)17-15(18)10-20-9-11-4-2-3-5-11/h6-8,11H,2-5,9-10,16H2,1H3,(H,17,18). The Bertz CT molecular complexity index is 456. The van der Waals surface area contributed by atoms with Crippen molar-refractivity contribution in [3.05, 3.63) is 18.2 Å². The van der Waals surface area contributed by atoms with E-state index in [1.807, 2.05) is 0 Å². The highest BCUT2D eigenvalue weighted by atomic mass is 16.5. The lowest BCUT2D eigenvalue weighted by molar-refractivity contribution is -0.121. The molecule has 20 heavy (non-hydrogen) atoms. The van der Waals surface area contributed by atoms with Crippen LogP contribution in [0.5, 0.6) is 5.75 Å². The van der Waals surface area contributed by atoms with Gasteiger partial charge in [-0.1, -0.05) is 12.8 Å². The lowest BCUT2D eigenvalue weighted by Gasteiger charge is -2.12. The van der Waals surface area contributed by atoms with Gasteiger partial charge in [0.2, 0.25) is 5.91 Å². The van der Waals surface area contributed by atoms with Gasteiger partial charge in [0.1, 0.15) is 12.4 Å². The van der Waals surface area contributed by atoms with Crippen molar-refractivity contribution in [2.45, 2.75) is 25.7 Å². The zero-order valence-corrected chi connectivity index (χ0v) is 11.9. The second-order valence-corrected chi connectivity index (χ2v) is 5.17. The van der Waals surface area contributed by atoms with E-state index in [1.54, 1.807) is 25.3 Å². The number of ether oxygens (including phenoxy) is 2. The maximum absolute atomic E-state index is 11.8. The highest BCUT2D eigenvalue weighted by Crippen LogP contribution is 2.27. The van der Waals surface area contributed by atoms with Gasteiger partial charge in [-0.05, 0) is 30.9 Å². The summed E-state index contributed by atoms with van der Waals surface area (Å²) in [5.41, 5.74) is 6.87. The van der Waals surface area contributed by atoms with Crippen LogP contribution < -0.4 is 15.8 Å². The van der Waals surface area contributed by atoms with Crippen LogP contribution in [0.3, 0.4) is 0 Å². The Hall–Kier alpha value is -1.75. The summed E-state index contributed by atoms with van der Waals surface area (Å²) < 4.78 is 10.6. The lowest BCUT2D eigenvalue weighted by Crippen LogP contribution is -2.20. The summed E-state index contributed by atoms with van der Waals surface area (Å²) in [7, 11) is 1.54. The number of anilines is 2. The molecule has 1 fully saturated rings. The van der Waals surface area contributed by atoms with Crippen molar-refractivity contribution in [1.82, 2.24) is 0 Å². The molecule has 5 heteroatoms. The molecule has 0 aliphatic heterocycles. The van der Waals surface area contributed by atoms with E-state index in [4.69, 9.17) is 15.2 Å². The largest absolute Gasteiger partial charge is 0.494 e. The van der Waals surface area contributed by atoms with Crippen LogP contribution in [0.4, 0.5) is 11.4 Å². The number of carbonyl (C=O) groups excluding carboxylic acids is 1. The third-order valence-corrected chi connectivity index (χ3v) is 3.56. The van der Waals surface area contributed by atoms with Crippen LogP contribution in [0.25, 0.3) is 0 Å². The Morgan fingerprint density at radius 3 is 2.85 bits per heavy atom.